The normalized spacial score (nSPS) is 16.9. The molecule has 1 rings (SSSR count). The third-order valence-corrected chi connectivity index (χ3v) is 4.03. The third-order valence-electron chi connectivity index (χ3n) is 4.03. The van der Waals surface area contributed by atoms with Gasteiger partial charge in [0.05, 0.1) is 19.3 Å². The van der Waals surface area contributed by atoms with Crippen LogP contribution in [0.15, 0.2) is 0 Å². The van der Waals surface area contributed by atoms with Gasteiger partial charge in [-0.2, -0.15) is 0 Å². The van der Waals surface area contributed by atoms with Crippen LogP contribution in [0, 0.1) is 0 Å². The summed E-state index contributed by atoms with van der Waals surface area (Å²) in [6.07, 6.45) is 16.6. The first-order valence-electron chi connectivity index (χ1n) is 8.63. The number of rotatable bonds is 12. The molecule has 1 aliphatic rings. The molecular weight excluding hydrogens is 236 g/mol. The topological polar surface area (TPSA) is 18.5 Å². The minimum atomic E-state index is 0.524. The average molecular weight is 270 g/mol. The summed E-state index contributed by atoms with van der Waals surface area (Å²) in [5.74, 6) is 0. The third kappa shape index (κ3) is 10.4. The van der Waals surface area contributed by atoms with Gasteiger partial charge in [0, 0.05) is 6.61 Å². The lowest BCUT2D eigenvalue weighted by Crippen LogP contribution is -2.19. The Bertz CT molecular complexity index is 176. The first-order chi connectivity index (χ1) is 9.43. The van der Waals surface area contributed by atoms with E-state index >= 15 is 0 Å². The van der Waals surface area contributed by atoms with Crippen LogP contribution in [0.3, 0.4) is 0 Å². The van der Waals surface area contributed by atoms with Gasteiger partial charge in [-0.25, -0.2) is 0 Å². The lowest BCUT2D eigenvalue weighted by molar-refractivity contribution is -0.0106. The monoisotopic (exact) mass is 270 g/mol. The fraction of sp³-hybridized carbons (Fsp3) is 1.00. The molecule has 0 heterocycles. The minimum Gasteiger partial charge on any atom is -0.379 e. The van der Waals surface area contributed by atoms with Crippen molar-refractivity contribution in [2.75, 3.05) is 19.8 Å². The predicted molar refractivity (Wildman–Crippen MR) is 81.6 cm³/mol. The number of hydrogen-bond acceptors (Lipinski definition) is 2. The van der Waals surface area contributed by atoms with Crippen molar-refractivity contribution in [3.05, 3.63) is 0 Å². The van der Waals surface area contributed by atoms with Gasteiger partial charge in [-0.15, -0.1) is 0 Å². The molecule has 0 aromatic carbocycles. The number of ether oxygens (including phenoxy) is 2. The summed E-state index contributed by atoms with van der Waals surface area (Å²) in [7, 11) is 0. The molecule has 0 radical (unpaired) electrons. The van der Waals surface area contributed by atoms with Gasteiger partial charge in [0.2, 0.25) is 0 Å². The first-order valence-corrected chi connectivity index (χ1v) is 8.63. The van der Waals surface area contributed by atoms with Gasteiger partial charge >= 0.3 is 0 Å². The van der Waals surface area contributed by atoms with Crippen LogP contribution in [0.25, 0.3) is 0 Å². The van der Waals surface area contributed by atoms with Crippen LogP contribution in [-0.4, -0.2) is 25.9 Å². The maximum Gasteiger partial charge on any atom is 0.0704 e. The lowest BCUT2D eigenvalue weighted by Gasteiger charge is -2.21. The molecular formula is C17H34O2. The standard InChI is InChI=1S/C17H34O2/c1-2-3-4-5-6-7-11-14-18-15-16-19-17-12-9-8-10-13-17/h17H,2-16H2,1H3. The van der Waals surface area contributed by atoms with Crippen molar-refractivity contribution in [3.8, 4) is 0 Å². The molecule has 114 valence electrons. The highest BCUT2D eigenvalue weighted by molar-refractivity contribution is 4.64. The van der Waals surface area contributed by atoms with Crippen LogP contribution < -0.4 is 0 Å². The van der Waals surface area contributed by atoms with E-state index in [1.54, 1.807) is 0 Å². The molecule has 0 saturated heterocycles. The minimum absolute atomic E-state index is 0.524. The molecule has 0 atom stereocenters. The summed E-state index contributed by atoms with van der Waals surface area (Å²) in [6.45, 7) is 4.76. The molecule has 0 aromatic rings. The van der Waals surface area contributed by atoms with Crippen molar-refractivity contribution in [1.82, 2.24) is 0 Å². The second kappa shape index (κ2) is 12.9. The van der Waals surface area contributed by atoms with Crippen LogP contribution in [0.4, 0.5) is 0 Å². The summed E-state index contributed by atoms with van der Waals surface area (Å²) in [5, 5.41) is 0. The fourth-order valence-electron chi connectivity index (χ4n) is 2.77. The van der Waals surface area contributed by atoms with E-state index in [0.717, 1.165) is 19.8 Å². The van der Waals surface area contributed by atoms with Crippen molar-refractivity contribution in [2.24, 2.45) is 0 Å². The number of hydrogen-bond donors (Lipinski definition) is 0. The summed E-state index contributed by atoms with van der Waals surface area (Å²) in [5.41, 5.74) is 0. The predicted octanol–water partition coefficient (Wildman–Crippen LogP) is 5.10. The number of unbranched alkanes of at least 4 members (excludes halogenated alkanes) is 6. The zero-order valence-electron chi connectivity index (χ0n) is 13.0. The smallest absolute Gasteiger partial charge is 0.0704 e. The van der Waals surface area contributed by atoms with Crippen molar-refractivity contribution in [2.45, 2.75) is 90.1 Å². The molecule has 1 saturated carbocycles. The second-order valence-corrected chi connectivity index (χ2v) is 5.86. The molecule has 0 bridgehead atoms. The van der Waals surface area contributed by atoms with Gasteiger partial charge < -0.3 is 9.47 Å². The Hall–Kier alpha value is -0.0800. The fourth-order valence-corrected chi connectivity index (χ4v) is 2.77. The quantitative estimate of drug-likeness (QED) is 0.459. The molecule has 1 fully saturated rings. The molecule has 0 aromatic heterocycles. The van der Waals surface area contributed by atoms with Crippen LogP contribution in [0.2, 0.25) is 0 Å². The highest BCUT2D eigenvalue weighted by Crippen LogP contribution is 2.19. The summed E-state index contributed by atoms with van der Waals surface area (Å²) < 4.78 is 11.5. The molecule has 1 aliphatic carbocycles. The highest BCUT2D eigenvalue weighted by atomic mass is 16.5. The molecule has 19 heavy (non-hydrogen) atoms. The molecule has 0 N–H and O–H groups in total. The summed E-state index contributed by atoms with van der Waals surface area (Å²) >= 11 is 0. The molecule has 0 amide bonds. The van der Waals surface area contributed by atoms with E-state index in [1.165, 1.54) is 77.0 Å². The maximum absolute atomic E-state index is 5.83. The first kappa shape index (κ1) is 17.0. The van der Waals surface area contributed by atoms with Gasteiger partial charge in [0.1, 0.15) is 0 Å². The van der Waals surface area contributed by atoms with Gasteiger partial charge in [-0.05, 0) is 19.3 Å². The van der Waals surface area contributed by atoms with E-state index in [-0.39, 0.29) is 0 Å². The van der Waals surface area contributed by atoms with Crippen LogP contribution in [0.1, 0.15) is 84.0 Å². The average Bonchev–Trinajstić information content (AvgIpc) is 2.46. The van der Waals surface area contributed by atoms with Crippen molar-refractivity contribution >= 4 is 0 Å². The largest absolute Gasteiger partial charge is 0.379 e. The van der Waals surface area contributed by atoms with Crippen LogP contribution in [0.5, 0.6) is 0 Å². The Morgan fingerprint density at radius 3 is 2.16 bits per heavy atom. The van der Waals surface area contributed by atoms with E-state index in [4.69, 9.17) is 9.47 Å². The molecule has 2 nitrogen and oxygen atoms in total. The van der Waals surface area contributed by atoms with E-state index in [2.05, 4.69) is 6.92 Å². The van der Waals surface area contributed by atoms with Gasteiger partial charge in [0.15, 0.2) is 0 Å². The van der Waals surface area contributed by atoms with Gasteiger partial charge in [-0.1, -0.05) is 64.7 Å². The zero-order valence-corrected chi connectivity index (χ0v) is 13.0. The molecule has 0 aliphatic heterocycles. The van der Waals surface area contributed by atoms with Crippen LogP contribution >= 0.6 is 0 Å². The van der Waals surface area contributed by atoms with E-state index < -0.39 is 0 Å². The Morgan fingerprint density at radius 2 is 1.42 bits per heavy atom. The zero-order chi connectivity index (χ0) is 13.6. The molecule has 0 spiro atoms. The Balaban J connectivity index is 1.71. The molecule has 2 heteroatoms. The summed E-state index contributed by atoms with van der Waals surface area (Å²) in [6, 6.07) is 0. The van der Waals surface area contributed by atoms with E-state index in [0.29, 0.717) is 6.10 Å². The van der Waals surface area contributed by atoms with E-state index in [9.17, 15) is 0 Å². The second-order valence-electron chi connectivity index (χ2n) is 5.86. The lowest BCUT2D eigenvalue weighted by atomic mass is 9.98. The highest BCUT2D eigenvalue weighted by Gasteiger charge is 2.12. The van der Waals surface area contributed by atoms with Crippen molar-refractivity contribution in [3.63, 3.8) is 0 Å². The Labute approximate surface area is 120 Å². The van der Waals surface area contributed by atoms with Crippen LogP contribution in [-0.2, 0) is 9.47 Å². The SMILES string of the molecule is CCCCCCCCCOCCOC1CCCCC1. The Morgan fingerprint density at radius 1 is 0.737 bits per heavy atom. The van der Waals surface area contributed by atoms with Crippen molar-refractivity contribution in [1.29, 1.82) is 0 Å². The maximum atomic E-state index is 5.83. The van der Waals surface area contributed by atoms with Gasteiger partial charge in [0.25, 0.3) is 0 Å². The van der Waals surface area contributed by atoms with Gasteiger partial charge in [-0.3, -0.25) is 0 Å². The summed E-state index contributed by atoms with van der Waals surface area (Å²) in [4.78, 5) is 0. The Kier molecular flexibility index (Phi) is 11.5. The van der Waals surface area contributed by atoms with E-state index in [1.807, 2.05) is 0 Å². The molecule has 0 unspecified atom stereocenters. The van der Waals surface area contributed by atoms with Crippen molar-refractivity contribution < 1.29 is 9.47 Å².